The Morgan fingerprint density at radius 3 is 2.06 bits per heavy atom. The Bertz CT molecular complexity index is 316. The summed E-state index contributed by atoms with van der Waals surface area (Å²) in [7, 11) is -4.99. The van der Waals surface area contributed by atoms with Crippen molar-refractivity contribution in [2.24, 2.45) is 0 Å². The van der Waals surface area contributed by atoms with Gasteiger partial charge < -0.3 is 29.8 Å². The van der Waals surface area contributed by atoms with E-state index in [-0.39, 0.29) is 6.29 Å². The molecule has 0 saturated carbocycles. The lowest BCUT2D eigenvalue weighted by Gasteiger charge is -2.26. The van der Waals surface area contributed by atoms with Gasteiger partial charge in [-0.1, -0.05) is 0 Å². The summed E-state index contributed by atoms with van der Waals surface area (Å²) in [6.45, 7) is -0.909. The normalized spacial score (nSPS) is 19.8. The third kappa shape index (κ3) is 4.94. The lowest BCUT2D eigenvalue weighted by molar-refractivity contribution is -0.119. The standard InChI is InChI=1S/C6H13NO8S/c8-1-3(7-16(13,14)15)5(11)6(12)4(10)2-9/h1,3-7,9-12H,2H2,(H,13,14,15)/p-1. The molecule has 0 aliphatic carbocycles. The third-order valence-corrected chi connectivity index (χ3v) is 2.29. The molecule has 5 N–H and O–H groups in total. The number of hydrogen-bond donors (Lipinski definition) is 5. The summed E-state index contributed by atoms with van der Waals surface area (Å²) in [4.78, 5) is 10.4. The quantitative estimate of drug-likeness (QED) is 0.225. The lowest BCUT2D eigenvalue weighted by Crippen LogP contribution is -2.53. The summed E-state index contributed by atoms with van der Waals surface area (Å²) in [5, 5.41) is 35.7. The zero-order valence-corrected chi connectivity index (χ0v) is 8.74. The summed E-state index contributed by atoms with van der Waals surface area (Å²) < 4.78 is 31.9. The molecule has 4 atom stereocenters. The summed E-state index contributed by atoms with van der Waals surface area (Å²) in [6, 6.07) is -1.90. The molecule has 0 amide bonds. The summed E-state index contributed by atoms with van der Waals surface area (Å²) in [6.07, 6.45) is -5.92. The van der Waals surface area contributed by atoms with Crippen LogP contribution in [0.2, 0.25) is 0 Å². The molecule has 0 fully saturated rings. The highest BCUT2D eigenvalue weighted by Crippen LogP contribution is 2.04. The third-order valence-electron chi connectivity index (χ3n) is 1.73. The molecule has 0 aromatic heterocycles. The highest BCUT2D eigenvalue weighted by Gasteiger charge is 2.31. The Hall–Kier alpha value is -0.620. The van der Waals surface area contributed by atoms with Crippen LogP contribution in [0.15, 0.2) is 0 Å². The van der Waals surface area contributed by atoms with Crippen LogP contribution in [0.5, 0.6) is 0 Å². The minimum atomic E-state index is -4.99. The molecule has 0 aliphatic rings. The number of aliphatic hydroxyl groups excluding tert-OH is 4. The predicted octanol–water partition coefficient (Wildman–Crippen LogP) is -4.32. The molecule has 9 nitrogen and oxygen atoms in total. The average Bonchev–Trinajstić information content (AvgIpc) is 2.21. The van der Waals surface area contributed by atoms with Gasteiger partial charge in [0, 0.05) is 0 Å². The smallest absolute Gasteiger partial charge is 0.160 e. The van der Waals surface area contributed by atoms with Crippen molar-refractivity contribution in [3.8, 4) is 0 Å². The second-order valence-corrected chi connectivity index (χ2v) is 4.11. The van der Waals surface area contributed by atoms with Crippen molar-refractivity contribution in [1.82, 2.24) is 4.72 Å². The van der Waals surface area contributed by atoms with Crippen molar-refractivity contribution in [2.75, 3.05) is 6.61 Å². The van der Waals surface area contributed by atoms with E-state index < -0.39 is 41.3 Å². The zero-order valence-electron chi connectivity index (χ0n) is 7.92. The topological polar surface area (TPSA) is 167 Å². The van der Waals surface area contributed by atoms with Crippen LogP contribution in [-0.4, -0.2) is 70.6 Å². The average molecular weight is 258 g/mol. The van der Waals surface area contributed by atoms with Gasteiger partial charge in [0.25, 0.3) is 0 Å². The van der Waals surface area contributed by atoms with Gasteiger partial charge in [-0.3, -0.25) is 0 Å². The largest absolute Gasteiger partial charge is 0.735 e. The SMILES string of the molecule is O=CC(NS(=O)(=O)[O-])C(O)C(O)C(O)CO. The van der Waals surface area contributed by atoms with Crippen LogP contribution in [0.4, 0.5) is 0 Å². The maximum atomic E-state index is 10.4. The van der Waals surface area contributed by atoms with Gasteiger partial charge in [-0.2, -0.15) is 0 Å². The van der Waals surface area contributed by atoms with Gasteiger partial charge in [-0.05, 0) is 0 Å². The summed E-state index contributed by atoms with van der Waals surface area (Å²) >= 11 is 0. The predicted molar refractivity (Wildman–Crippen MR) is 47.8 cm³/mol. The molecule has 0 aromatic rings. The Morgan fingerprint density at radius 1 is 1.25 bits per heavy atom. The second-order valence-electron chi connectivity index (χ2n) is 2.96. The number of nitrogens with one attached hydrogen (secondary N) is 1. The molecule has 0 bridgehead atoms. The number of carbonyl (C=O) groups is 1. The van der Waals surface area contributed by atoms with Gasteiger partial charge in [-0.25, -0.2) is 13.1 Å². The van der Waals surface area contributed by atoms with Crippen LogP contribution in [0.3, 0.4) is 0 Å². The molecular formula is C6H12NO8S-. The van der Waals surface area contributed by atoms with Gasteiger partial charge in [-0.15, -0.1) is 0 Å². The molecule has 0 spiro atoms. The van der Waals surface area contributed by atoms with E-state index in [0.717, 1.165) is 0 Å². The molecule has 0 rings (SSSR count). The maximum Gasteiger partial charge on any atom is 0.160 e. The highest BCUT2D eigenvalue weighted by atomic mass is 32.2. The monoisotopic (exact) mass is 258 g/mol. The van der Waals surface area contributed by atoms with E-state index >= 15 is 0 Å². The Kier molecular flexibility index (Phi) is 5.96. The molecule has 0 heterocycles. The van der Waals surface area contributed by atoms with Crippen molar-refractivity contribution in [2.45, 2.75) is 24.4 Å². The first-order valence-electron chi connectivity index (χ1n) is 4.06. The molecular weight excluding hydrogens is 246 g/mol. The van der Waals surface area contributed by atoms with Crippen LogP contribution < -0.4 is 4.72 Å². The molecule has 96 valence electrons. The van der Waals surface area contributed by atoms with Gasteiger partial charge in [0.1, 0.15) is 30.6 Å². The van der Waals surface area contributed by atoms with E-state index in [1.165, 1.54) is 4.72 Å². The first-order valence-corrected chi connectivity index (χ1v) is 5.47. The fourth-order valence-electron chi connectivity index (χ4n) is 0.893. The number of aldehydes is 1. The van der Waals surface area contributed by atoms with Crippen LogP contribution in [0.25, 0.3) is 0 Å². The molecule has 10 heteroatoms. The maximum absolute atomic E-state index is 10.4. The first-order chi connectivity index (χ1) is 7.22. The lowest BCUT2D eigenvalue weighted by atomic mass is 10.0. The minimum absolute atomic E-state index is 0.118. The molecule has 4 unspecified atom stereocenters. The van der Waals surface area contributed by atoms with Crippen LogP contribution in [0, 0.1) is 0 Å². The Balaban J connectivity index is 4.65. The van der Waals surface area contributed by atoms with E-state index in [1.54, 1.807) is 0 Å². The van der Waals surface area contributed by atoms with Crippen molar-refractivity contribution in [1.29, 1.82) is 0 Å². The van der Waals surface area contributed by atoms with Crippen molar-refractivity contribution < 1.29 is 38.2 Å². The van der Waals surface area contributed by atoms with Crippen molar-refractivity contribution in [3.63, 3.8) is 0 Å². The van der Waals surface area contributed by atoms with Crippen molar-refractivity contribution >= 4 is 16.6 Å². The number of aliphatic hydroxyl groups is 4. The molecule has 0 aromatic carbocycles. The van der Waals surface area contributed by atoms with E-state index in [0.29, 0.717) is 0 Å². The van der Waals surface area contributed by atoms with Crippen LogP contribution >= 0.6 is 0 Å². The fourth-order valence-corrected chi connectivity index (χ4v) is 1.42. The van der Waals surface area contributed by atoms with E-state index in [4.69, 9.17) is 15.3 Å². The van der Waals surface area contributed by atoms with Crippen molar-refractivity contribution in [3.05, 3.63) is 0 Å². The van der Waals surface area contributed by atoms with Gasteiger partial charge in [0.2, 0.25) is 0 Å². The number of rotatable bonds is 7. The fraction of sp³-hybridized carbons (Fsp3) is 0.833. The zero-order chi connectivity index (χ0) is 12.9. The molecule has 0 radical (unpaired) electrons. The van der Waals surface area contributed by atoms with E-state index in [1.807, 2.05) is 0 Å². The molecule has 0 aliphatic heterocycles. The summed E-state index contributed by atoms with van der Waals surface area (Å²) in [5.41, 5.74) is 0. The minimum Gasteiger partial charge on any atom is -0.735 e. The highest BCUT2D eigenvalue weighted by molar-refractivity contribution is 7.83. The van der Waals surface area contributed by atoms with Crippen LogP contribution in [-0.2, 0) is 15.1 Å². The second kappa shape index (κ2) is 6.20. The summed E-state index contributed by atoms with van der Waals surface area (Å²) in [5.74, 6) is 0. The molecule has 16 heavy (non-hydrogen) atoms. The van der Waals surface area contributed by atoms with E-state index in [2.05, 4.69) is 0 Å². The van der Waals surface area contributed by atoms with Crippen LogP contribution in [0.1, 0.15) is 0 Å². The number of carbonyl (C=O) groups excluding carboxylic acids is 1. The van der Waals surface area contributed by atoms with Gasteiger partial charge >= 0.3 is 0 Å². The first kappa shape index (κ1) is 15.4. The Morgan fingerprint density at radius 2 is 1.75 bits per heavy atom. The van der Waals surface area contributed by atoms with Gasteiger partial charge in [0.05, 0.1) is 6.61 Å². The Labute approximate surface area is 91.2 Å². The molecule has 0 saturated heterocycles. The number of hydrogen-bond acceptors (Lipinski definition) is 8. The van der Waals surface area contributed by atoms with Gasteiger partial charge in [0.15, 0.2) is 10.3 Å². The van der Waals surface area contributed by atoms with E-state index in [9.17, 15) is 22.9 Å².